The molecule has 2 aliphatic heterocycles. The number of methoxy groups -OCH3 is 1. The minimum Gasteiger partial charge on any atom is -0.494 e. The number of carbonyl (C=O) groups excluding carboxylic acids is 2. The van der Waals surface area contributed by atoms with Gasteiger partial charge in [-0.15, -0.1) is 0 Å². The van der Waals surface area contributed by atoms with Gasteiger partial charge in [-0.1, -0.05) is 0 Å². The van der Waals surface area contributed by atoms with Gasteiger partial charge in [-0.2, -0.15) is 0 Å². The van der Waals surface area contributed by atoms with Gasteiger partial charge in [0.25, 0.3) is 11.8 Å². The fraction of sp³-hybridized carbons (Fsp3) is 0.432. The molecule has 0 radical (unpaired) electrons. The van der Waals surface area contributed by atoms with E-state index in [1.165, 1.54) is 12.8 Å². The van der Waals surface area contributed by atoms with E-state index in [0.29, 0.717) is 65.3 Å². The molecule has 4 aliphatic rings. The van der Waals surface area contributed by atoms with Gasteiger partial charge in [0, 0.05) is 56.1 Å². The minimum atomic E-state index is -0.956. The van der Waals surface area contributed by atoms with Crippen LogP contribution in [0.2, 0.25) is 0 Å². The monoisotopic (exact) mass is 660 g/mol. The summed E-state index contributed by atoms with van der Waals surface area (Å²) in [6, 6.07) is 13.8. The molecule has 4 aromatic heterocycles. The van der Waals surface area contributed by atoms with Gasteiger partial charge in [-0.05, 0) is 86.9 Å². The number of ether oxygens (including phenoxy) is 1. The van der Waals surface area contributed by atoms with Crippen LogP contribution in [-0.2, 0) is 18.4 Å². The van der Waals surface area contributed by atoms with Crippen LogP contribution in [0, 0.1) is 18.8 Å². The lowest BCUT2D eigenvalue weighted by atomic mass is 10.1. The summed E-state index contributed by atoms with van der Waals surface area (Å²) in [5, 5.41) is 11.0. The van der Waals surface area contributed by atoms with Crippen molar-refractivity contribution in [2.75, 3.05) is 25.1 Å². The van der Waals surface area contributed by atoms with Gasteiger partial charge in [-0.3, -0.25) is 9.59 Å². The number of fused-ring (bicyclic) bond motifs is 4. The molecule has 4 fully saturated rings. The molecule has 4 atom stereocenters. The number of amides is 2. The van der Waals surface area contributed by atoms with Crippen molar-refractivity contribution in [1.29, 1.82) is 0 Å². The van der Waals surface area contributed by atoms with Crippen LogP contribution in [0.1, 0.15) is 48.2 Å². The maximum Gasteiger partial charge on any atom is 0.255 e. The van der Waals surface area contributed by atoms with Crippen molar-refractivity contribution in [3.8, 4) is 28.7 Å². The summed E-state index contributed by atoms with van der Waals surface area (Å²) >= 11 is 0. The van der Waals surface area contributed by atoms with Crippen molar-refractivity contribution in [3.05, 3.63) is 53.7 Å². The fourth-order valence-electron chi connectivity index (χ4n) is 8.35. The van der Waals surface area contributed by atoms with Crippen LogP contribution < -0.4 is 15.4 Å². The number of aliphatic hydroxyl groups is 1. The molecular formula is C37H40N8O4. The number of hydrogen-bond donors (Lipinski definition) is 2. The first-order valence-corrected chi connectivity index (χ1v) is 17.3. The van der Waals surface area contributed by atoms with Crippen LogP contribution in [-0.4, -0.2) is 84.3 Å². The molecule has 9 rings (SSSR count). The van der Waals surface area contributed by atoms with Crippen LogP contribution in [0.4, 0.5) is 5.69 Å². The van der Waals surface area contributed by atoms with Gasteiger partial charge >= 0.3 is 0 Å². The van der Waals surface area contributed by atoms with Gasteiger partial charge in [-0.25, -0.2) is 15.0 Å². The number of benzene rings is 1. The Kier molecular flexibility index (Phi) is 6.86. The van der Waals surface area contributed by atoms with E-state index in [9.17, 15) is 14.7 Å². The number of aliphatic hydroxyl groups excluding tert-OH is 1. The number of hydrogen-bond acceptors (Lipinski definition) is 8. The van der Waals surface area contributed by atoms with Crippen molar-refractivity contribution in [3.63, 3.8) is 0 Å². The first-order chi connectivity index (χ1) is 23.7. The summed E-state index contributed by atoms with van der Waals surface area (Å²) in [5.74, 6) is 2.03. The highest BCUT2D eigenvalue weighted by Crippen LogP contribution is 2.40. The predicted octanol–water partition coefficient (Wildman–Crippen LogP) is 4.04. The molecule has 4 unspecified atom stereocenters. The maximum atomic E-state index is 13.8. The molecule has 2 saturated carbocycles. The third kappa shape index (κ3) is 4.75. The topological polar surface area (TPSA) is 145 Å². The van der Waals surface area contributed by atoms with Crippen LogP contribution >= 0.6 is 0 Å². The normalized spacial score (nSPS) is 23.5. The van der Waals surface area contributed by atoms with Crippen molar-refractivity contribution in [2.24, 2.45) is 24.6 Å². The zero-order chi connectivity index (χ0) is 33.7. The van der Waals surface area contributed by atoms with Crippen LogP contribution in [0.25, 0.3) is 45.0 Å². The molecule has 5 aromatic rings. The lowest BCUT2D eigenvalue weighted by Gasteiger charge is -2.27. The standard InChI is InChI=1S/C37H40N8O4/c1-19-27(43-13-12-30(46)37(43)48)11-9-24(39-19)25-8-6-21-15-29(44(34(21)40-25)17-20-4-5-20)35-41-26-14-23(16-31(49-3)33(26)42(35)2)36(47)45-18-22-7-10-28(45)32(22)38/h6,8-9,11,14-16,20,22,28,30,32,46H,4-5,7,10,12-13,17-18,38H2,1-3H3. The molecule has 2 saturated heterocycles. The number of anilines is 1. The first kappa shape index (κ1) is 30.3. The van der Waals surface area contributed by atoms with Gasteiger partial charge in [0.15, 0.2) is 5.82 Å². The first-order valence-electron chi connectivity index (χ1n) is 17.3. The average Bonchev–Trinajstić information content (AvgIpc) is 3.27. The number of nitrogens with two attached hydrogens (primary N) is 1. The summed E-state index contributed by atoms with van der Waals surface area (Å²) in [5.41, 5.74) is 13.2. The van der Waals surface area contributed by atoms with Gasteiger partial charge in [0.2, 0.25) is 0 Å². The van der Waals surface area contributed by atoms with E-state index in [2.05, 4.69) is 21.3 Å². The SMILES string of the molecule is COc1cc(C(=O)N2CC3CCC2C3N)cc2nc(-c3cc4ccc(-c5ccc(N6CCC(O)C6=O)c(C)n5)nc4n3CC3CC3)n(C)c12. The second-order valence-corrected chi connectivity index (χ2v) is 14.3. The highest BCUT2D eigenvalue weighted by Gasteiger charge is 2.47. The van der Waals surface area contributed by atoms with Gasteiger partial charge < -0.3 is 34.5 Å². The third-order valence-electron chi connectivity index (χ3n) is 11.2. The number of likely N-dealkylation sites (tertiary alicyclic amines) is 1. The molecule has 49 heavy (non-hydrogen) atoms. The van der Waals surface area contributed by atoms with E-state index in [4.69, 9.17) is 25.4 Å². The number of rotatable bonds is 7. The summed E-state index contributed by atoms with van der Waals surface area (Å²) in [7, 11) is 3.62. The molecule has 2 bridgehead atoms. The quantitative estimate of drug-likeness (QED) is 0.266. The summed E-state index contributed by atoms with van der Waals surface area (Å²) in [6.45, 7) is 3.88. The largest absolute Gasteiger partial charge is 0.494 e. The molecule has 252 valence electrons. The van der Waals surface area contributed by atoms with Gasteiger partial charge in [0.1, 0.15) is 23.0 Å². The van der Waals surface area contributed by atoms with Crippen LogP contribution in [0.15, 0.2) is 42.5 Å². The summed E-state index contributed by atoms with van der Waals surface area (Å²) in [6.07, 6.45) is 3.86. The van der Waals surface area contributed by atoms with E-state index in [1.807, 2.05) is 49.2 Å². The molecule has 3 N–H and O–H groups in total. The predicted molar refractivity (Wildman–Crippen MR) is 185 cm³/mol. The third-order valence-corrected chi connectivity index (χ3v) is 11.2. The molecule has 12 heteroatoms. The smallest absolute Gasteiger partial charge is 0.255 e. The second-order valence-electron chi connectivity index (χ2n) is 14.3. The average molecular weight is 661 g/mol. The minimum absolute atomic E-state index is 0.0175. The molecule has 12 nitrogen and oxygen atoms in total. The number of aromatic nitrogens is 5. The van der Waals surface area contributed by atoms with E-state index >= 15 is 0 Å². The Labute approximate surface area is 283 Å². The molecule has 2 aliphatic carbocycles. The lowest BCUT2D eigenvalue weighted by Crippen LogP contribution is -2.41. The van der Waals surface area contributed by atoms with E-state index in [-0.39, 0.29) is 23.9 Å². The van der Waals surface area contributed by atoms with Gasteiger partial charge in [0.05, 0.1) is 41.1 Å². The zero-order valence-electron chi connectivity index (χ0n) is 28.0. The Bertz CT molecular complexity index is 2180. The van der Waals surface area contributed by atoms with E-state index in [0.717, 1.165) is 53.1 Å². The van der Waals surface area contributed by atoms with Crippen molar-refractivity contribution in [2.45, 2.75) is 63.8 Å². The lowest BCUT2D eigenvalue weighted by molar-refractivity contribution is -0.124. The molecule has 6 heterocycles. The van der Waals surface area contributed by atoms with Crippen LogP contribution in [0.3, 0.4) is 0 Å². The Balaban J connectivity index is 1.11. The fourth-order valence-corrected chi connectivity index (χ4v) is 8.35. The molecule has 1 aromatic carbocycles. The number of nitrogens with zero attached hydrogens (tertiary/aromatic N) is 7. The number of piperidine rings is 1. The summed E-state index contributed by atoms with van der Waals surface area (Å²) in [4.78, 5) is 44.9. The van der Waals surface area contributed by atoms with Crippen molar-refractivity contribution < 1.29 is 19.4 Å². The Morgan fingerprint density at radius 1 is 1.02 bits per heavy atom. The Hall–Kier alpha value is -4.81. The highest BCUT2D eigenvalue weighted by molar-refractivity contribution is 6.01. The highest BCUT2D eigenvalue weighted by atomic mass is 16.5. The Morgan fingerprint density at radius 3 is 2.49 bits per heavy atom. The number of pyridine rings is 2. The number of aryl methyl sites for hydroxylation is 2. The van der Waals surface area contributed by atoms with E-state index in [1.54, 1.807) is 12.0 Å². The van der Waals surface area contributed by atoms with E-state index < -0.39 is 6.10 Å². The zero-order valence-corrected chi connectivity index (χ0v) is 28.0. The number of imidazole rings is 1. The number of carbonyl (C=O) groups is 2. The maximum absolute atomic E-state index is 13.8. The molecule has 0 spiro atoms. The van der Waals surface area contributed by atoms with Crippen molar-refractivity contribution >= 4 is 39.6 Å². The second kappa shape index (κ2) is 11.1. The molecule has 2 amide bonds. The van der Waals surface area contributed by atoms with Crippen LogP contribution in [0.5, 0.6) is 5.75 Å². The Morgan fingerprint density at radius 2 is 1.82 bits per heavy atom. The molecular weight excluding hydrogens is 620 g/mol. The van der Waals surface area contributed by atoms with Crippen molar-refractivity contribution in [1.82, 2.24) is 29.0 Å². The summed E-state index contributed by atoms with van der Waals surface area (Å²) < 4.78 is 10.2.